The van der Waals surface area contributed by atoms with E-state index in [0.717, 1.165) is 44.5 Å². The number of nitrogens with zero attached hydrogens (tertiary/aromatic N) is 1. The van der Waals surface area contributed by atoms with Crippen LogP contribution in [0, 0.1) is 0 Å². The molecule has 2 fully saturated rings. The summed E-state index contributed by atoms with van der Waals surface area (Å²) in [6, 6.07) is 3.05. The van der Waals surface area contributed by atoms with Gasteiger partial charge in [0.2, 0.25) is 5.91 Å². The number of ether oxygens (including phenoxy) is 1. The fourth-order valence-electron chi connectivity index (χ4n) is 3.99. The maximum absolute atomic E-state index is 12.6. The Morgan fingerprint density at radius 2 is 1.77 bits per heavy atom. The summed E-state index contributed by atoms with van der Waals surface area (Å²) in [7, 11) is 0. The van der Waals surface area contributed by atoms with Gasteiger partial charge in [-0.05, 0) is 56.4 Å². The third-order valence-corrected chi connectivity index (χ3v) is 5.69. The Kier molecular flexibility index (Phi) is 7.77. The lowest BCUT2D eigenvalue weighted by Crippen LogP contribution is -2.52. The summed E-state index contributed by atoms with van der Waals surface area (Å²) in [4.78, 5) is 26.5. The second-order valence-corrected chi connectivity index (χ2v) is 7.98. The zero-order chi connectivity index (χ0) is 22.4. The number of carbonyl (C=O) groups excluding carboxylic acids is 2. The van der Waals surface area contributed by atoms with Crippen LogP contribution in [0.3, 0.4) is 0 Å². The van der Waals surface area contributed by atoms with Crippen LogP contribution in [0.5, 0.6) is 0 Å². The molecule has 1 aromatic rings. The Balaban J connectivity index is 1.48. The molecule has 31 heavy (non-hydrogen) atoms. The molecule has 0 bridgehead atoms. The van der Waals surface area contributed by atoms with Crippen molar-refractivity contribution in [2.75, 3.05) is 25.0 Å². The minimum atomic E-state index is -4.44. The van der Waals surface area contributed by atoms with Gasteiger partial charge < -0.3 is 25.4 Å². The van der Waals surface area contributed by atoms with Gasteiger partial charge in [0.25, 0.3) is 0 Å². The maximum atomic E-state index is 12.6. The molecule has 3 amide bonds. The predicted octanol–water partition coefficient (Wildman–Crippen LogP) is 3.14. The average Bonchev–Trinajstić information content (AvgIpc) is 2.75. The Bertz CT molecular complexity index is 751. The normalized spacial score (nSPS) is 24.5. The van der Waals surface area contributed by atoms with Gasteiger partial charge in [-0.25, -0.2) is 4.79 Å². The van der Waals surface area contributed by atoms with Crippen molar-refractivity contribution in [3.8, 4) is 0 Å². The first-order valence-corrected chi connectivity index (χ1v) is 10.5. The van der Waals surface area contributed by atoms with Crippen LogP contribution in [-0.4, -0.2) is 59.9 Å². The van der Waals surface area contributed by atoms with Crippen molar-refractivity contribution < 1.29 is 32.6 Å². The van der Waals surface area contributed by atoms with Crippen molar-refractivity contribution in [3.63, 3.8) is 0 Å². The molecular weight excluding hydrogens is 415 g/mol. The van der Waals surface area contributed by atoms with Crippen LogP contribution in [0.4, 0.5) is 23.7 Å². The monoisotopic (exact) mass is 443 g/mol. The number of halogens is 3. The number of anilines is 1. The molecule has 3 rings (SSSR count). The number of likely N-dealkylation sites (tertiary alicyclic amines) is 1. The summed E-state index contributed by atoms with van der Waals surface area (Å²) in [5, 5.41) is 14.9. The lowest BCUT2D eigenvalue weighted by atomic mass is 9.96. The van der Waals surface area contributed by atoms with Gasteiger partial charge in [-0.2, -0.15) is 13.2 Å². The first-order chi connectivity index (χ1) is 14.8. The second kappa shape index (κ2) is 10.3. The number of alkyl halides is 3. The summed E-state index contributed by atoms with van der Waals surface area (Å²) >= 11 is 0. The van der Waals surface area contributed by atoms with Gasteiger partial charge in [0.05, 0.1) is 30.7 Å². The molecule has 172 valence electrons. The van der Waals surface area contributed by atoms with E-state index in [-0.39, 0.29) is 30.7 Å². The number of nitrogens with one attached hydrogen (secondary N) is 2. The molecule has 2 heterocycles. The molecule has 0 aliphatic carbocycles. The number of piperidine rings is 1. The zero-order valence-electron chi connectivity index (χ0n) is 17.2. The molecule has 2 aliphatic heterocycles. The van der Waals surface area contributed by atoms with Gasteiger partial charge in [-0.15, -0.1) is 0 Å². The molecule has 1 aromatic carbocycles. The number of rotatable bonds is 5. The SMILES string of the molecule is O=C(Nc1ccc(C(F)(F)F)cc1)N[C@@H]1CC[C@@H](CC(=O)N2CCCCC2)O[C@H]1CO. The molecule has 2 aliphatic rings. The fraction of sp³-hybridized carbons (Fsp3) is 0.619. The van der Waals surface area contributed by atoms with E-state index in [1.54, 1.807) is 0 Å². The number of benzene rings is 1. The van der Waals surface area contributed by atoms with Crippen molar-refractivity contribution >= 4 is 17.6 Å². The summed E-state index contributed by atoms with van der Waals surface area (Å²) in [6.07, 6.45) is -0.939. The summed E-state index contributed by atoms with van der Waals surface area (Å²) in [5.41, 5.74) is -0.586. The number of aliphatic hydroxyl groups excluding tert-OH is 1. The molecule has 7 nitrogen and oxygen atoms in total. The third kappa shape index (κ3) is 6.57. The number of urea groups is 1. The largest absolute Gasteiger partial charge is 0.416 e. The molecule has 10 heteroatoms. The Morgan fingerprint density at radius 1 is 1.10 bits per heavy atom. The molecule has 0 unspecified atom stereocenters. The molecular formula is C21H28F3N3O4. The van der Waals surface area contributed by atoms with E-state index in [0.29, 0.717) is 12.8 Å². The van der Waals surface area contributed by atoms with Crippen molar-refractivity contribution in [1.29, 1.82) is 0 Å². The van der Waals surface area contributed by atoms with Gasteiger partial charge in [-0.3, -0.25) is 4.79 Å². The highest BCUT2D eigenvalue weighted by molar-refractivity contribution is 5.89. The fourth-order valence-corrected chi connectivity index (χ4v) is 3.99. The Hall–Kier alpha value is -2.33. The van der Waals surface area contributed by atoms with Crippen LogP contribution < -0.4 is 10.6 Å². The van der Waals surface area contributed by atoms with Crippen LogP contribution in [0.1, 0.15) is 44.1 Å². The summed E-state index contributed by atoms with van der Waals surface area (Å²) in [5.74, 6) is 0.0489. The smallest absolute Gasteiger partial charge is 0.394 e. The van der Waals surface area contributed by atoms with Gasteiger partial charge in [-0.1, -0.05) is 0 Å². The van der Waals surface area contributed by atoms with E-state index in [4.69, 9.17) is 4.74 Å². The van der Waals surface area contributed by atoms with Crippen molar-refractivity contribution in [1.82, 2.24) is 10.2 Å². The molecule has 0 spiro atoms. The first kappa shape index (κ1) is 23.3. The van der Waals surface area contributed by atoms with Gasteiger partial charge in [0.1, 0.15) is 6.10 Å². The number of carbonyl (C=O) groups is 2. The topological polar surface area (TPSA) is 90.9 Å². The van der Waals surface area contributed by atoms with E-state index in [1.165, 1.54) is 12.1 Å². The molecule has 2 saturated heterocycles. The Morgan fingerprint density at radius 3 is 2.39 bits per heavy atom. The standard InChI is InChI=1S/C21H28F3N3O4/c22-21(23,24)14-4-6-15(7-5-14)25-20(30)26-17-9-8-16(31-18(17)13-28)12-19(29)27-10-2-1-3-11-27/h4-7,16-18,28H,1-3,8-13H2,(H2,25,26,30)/t16-,17+,18-/m0/s1. The Labute approximate surface area is 178 Å². The highest BCUT2D eigenvalue weighted by Crippen LogP contribution is 2.30. The van der Waals surface area contributed by atoms with E-state index >= 15 is 0 Å². The molecule has 3 N–H and O–H groups in total. The van der Waals surface area contributed by atoms with Crippen LogP contribution in [0.15, 0.2) is 24.3 Å². The van der Waals surface area contributed by atoms with E-state index in [2.05, 4.69) is 10.6 Å². The highest BCUT2D eigenvalue weighted by Gasteiger charge is 2.34. The van der Waals surface area contributed by atoms with E-state index in [1.807, 2.05) is 4.90 Å². The average molecular weight is 443 g/mol. The van der Waals surface area contributed by atoms with Gasteiger partial charge in [0.15, 0.2) is 0 Å². The minimum absolute atomic E-state index is 0.0489. The number of hydrogen-bond donors (Lipinski definition) is 3. The maximum Gasteiger partial charge on any atom is 0.416 e. The molecule has 0 radical (unpaired) electrons. The highest BCUT2D eigenvalue weighted by atomic mass is 19.4. The summed E-state index contributed by atoms with van der Waals surface area (Å²) in [6.45, 7) is 1.21. The van der Waals surface area contributed by atoms with Crippen LogP contribution in [0.2, 0.25) is 0 Å². The molecule has 0 saturated carbocycles. The lowest BCUT2D eigenvalue weighted by Gasteiger charge is -2.37. The zero-order valence-corrected chi connectivity index (χ0v) is 17.2. The van der Waals surface area contributed by atoms with Gasteiger partial charge >= 0.3 is 12.2 Å². The van der Waals surface area contributed by atoms with E-state index < -0.39 is 29.9 Å². The first-order valence-electron chi connectivity index (χ1n) is 10.5. The van der Waals surface area contributed by atoms with Crippen LogP contribution in [0.25, 0.3) is 0 Å². The molecule has 3 atom stereocenters. The number of aliphatic hydroxyl groups is 1. The summed E-state index contributed by atoms with van der Waals surface area (Å²) < 4.78 is 43.7. The predicted molar refractivity (Wildman–Crippen MR) is 107 cm³/mol. The third-order valence-electron chi connectivity index (χ3n) is 5.69. The minimum Gasteiger partial charge on any atom is -0.394 e. The van der Waals surface area contributed by atoms with Crippen molar-refractivity contribution in [2.45, 2.75) is 63.0 Å². The molecule has 0 aromatic heterocycles. The van der Waals surface area contributed by atoms with Crippen LogP contribution >= 0.6 is 0 Å². The quantitative estimate of drug-likeness (QED) is 0.652. The number of hydrogen-bond acceptors (Lipinski definition) is 4. The second-order valence-electron chi connectivity index (χ2n) is 7.98. The van der Waals surface area contributed by atoms with Crippen molar-refractivity contribution in [3.05, 3.63) is 29.8 Å². The van der Waals surface area contributed by atoms with Crippen LogP contribution in [-0.2, 0) is 15.7 Å². The van der Waals surface area contributed by atoms with Gasteiger partial charge in [0, 0.05) is 18.8 Å². The lowest BCUT2D eigenvalue weighted by molar-refractivity contribution is -0.141. The number of amides is 3. The van der Waals surface area contributed by atoms with E-state index in [9.17, 15) is 27.9 Å². The van der Waals surface area contributed by atoms with Crippen molar-refractivity contribution in [2.24, 2.45) is 0 Å².